The molecule has 1 aromatic carbocycles. The molecule has 2 aliphatic heterocycles. The SMILES string of the molecule is Cc1cc(-c2cnc([C@@H]3CCCN3C(=O)OC(C)(C)C)[nH]2)ccc1-c1ccc(-c2cnc([C@@H]3CCCN3C(=O)OC(C)(C)C)[nH]2)cn1. The number of benzene rings is 1. The summed E-state index contributed by atoms with van der Waals surface area (Å²) in [5, 5.41) is 0. The third-order valence-electron chi connectivity index (χ3n) is 8.47. The number of hydrogen-bond donors (Lipinski definition) is 2. The molecule has 2 atom stereocenters. The number of imidazole rings is 2. The zero-order valence-electron chi connectivity index (χ0n) is 28.4. The van der Waals surface area contributed by atoms with Crippen LogP contribution in [0.2, 0.25) is 0 Å². The second kappa shape index (κ2) is 12.5. The van der Waals surface area contributed by atoms with Crippen LogP contribution in [0.3, 0.4) is 0 Å². The van der Waals surface area contributed by atoms with E-state index in [9.17, 15) is 9.59 Å². The molecule has 0 saturated carbocycles. The van der Waals surface area contributed by atoms with Crippen LogP contribution >= 0.6 is 0 Å². The third kappa shape index (κ3) is 7.18. The van der Waals surface area contributed by atoms with E-state index >= 15 is 0 Å². The summed E-state index contributed by atoms with van der Waals surface area (Å²) < 4.78 is 11.3. The molecule has 6 rings (SSSR count). The van der Waals surface area contributed by atoms with Crippen LogP contribution in [0.1, 0.15) is 96.5 Å². The molecule has 0 spiro atoms. The number of H-pyrrole nitrogens is 2. The summed E-state index contributed by atoms with van der Waals surface area (Å²) in [5.74, 6) is 1.53. The van der Waals surface area contributed by atoms with Gasteiger partial charge in [-0.15, -0.1) is 0 Å². The highest BCUT2D eigenvalue weighted by Crippen LogP contribution is 2.35. The van der Waals surface area contributed by atoms with Crippen LogP contribution in [-0.4, -0.2) is 71.2 Å². The first kappa shape index (κ1) is 32.3. The number of pyridine rings is 1. The van der Waals surface area contributed by atoms with Gasteiger partial charge in [0.1, 0.15) is 22.9 Å². The van der Waals surface area contributed by atoms with Gasteiger partial charge in [0.05, 0.1) is 41.6 Å². The van der Waals surface area contributed by atoms with Gasteiger partial charge in [0.2, 0.25) is 0 Å². The largest absolute Gasteiger partial charge is 0.444 e. The first-order chi connectivity index (χ1) is 22.3. The molecule has 248 valence electrons. The van der Waals surface area contributed by atoms with E-state index in [2.05, 4.69) is 45.1 Å². The van der Waals surface area contributed by atoms with E-state index in [0.717, 1.165) is 76.7 Å². The Kier molecular flexibility index (Phi) is 8.59. The Balaban J connectivity index is 1.14. The third-order valence-corrected chi connectivity index (χ3v) is 8.47. The van der Waals surface area contributed by atoms with Crippen molar-refractivity contribution in [2.75, 3.05) is 13.1 Å². The van der Waals surface area contributed by atoms with Crippen molar-refractivity contribution in [3.63, 3.8) is 0 Å². The van der Waals surface area contributed by atoms with Gasteiger partial charge in [0.25, 0.3) is 0 Å². The summed E-state index contributed by atoms with van der Waals surface area (Å²) >= 11 is 0. The van der Waals surface area contributed by atoms with Crippen molar-refractivity contribution in [3.8, 4) is 33.8 Å². The van der Waals surface area contributed by atoms with Crippen LogP contribution in [0.15, 0.2) is 48.9 Å². The van der Waals surface area contributed by atoms with Crippen LogP contribution in [-0.2, 0) is 9.47 Å². The lowest BCUT2D eigenvalue weighted by molar-refractivity contribution is 0.0208. The number of rotatable bonds is 5. The van der Waals surface area contributed by atoms with E-state index in [1.54, 1.807) is 16.0 Å². The van der Waals surface area contributed by atoms with Gasteiger partial charge in [0.15, 0.2) is 0 Å². The molecule has 5 heterocycles. The monoisotopic (exact) mass is 639 g/mol. The van der Waals surface area contributed by atoms with E-state index in [1.165, 1.54) is 0 Å². The number of ether oxygens (including phenoxy) is 2. The summed E-state index contributed by atoms with van der Waals surface area (Å²) in [4.78, 5) is 50.1. The second-order valence-corrected chi connectivity index (χ2v) is 14.5. The molecule has 2 aliphatic rings. The molecule has 2 fully saturated rings. The summed E-state index contributed by atoms with van der Waals surface area (Å²) in [6.45, 7) is 14.7. The Morgan fingerprint density at radius 1 is 0.723 bits per heavy atom. The molecule has 47 heavy (non-hydrogen) atoms. The topological polar surface area (TPSA) is 129 Å². The number of carbonyl (C=O) groups excluding carboxylic acids is 2. The van der Waals surface area contributed by atoms with E-state index in [1.807, 2.05) is 66.1 Å². The van der Waals surface area contributed by atoms with Gasteiger partial charge in [-0.1, -0.05) is 12.1 Å². The fourth-order valence-electron chi connectivity index (χ4n) is 6.32. The van der Waals surface area contributed by atoms with Gasteiger partial charge in [-0.2, -0.15) is 0 Å². The number of amides is 2. The predicted molar refractivity (Wildman–Crippen MR) is 179 cm³/mol. The second-order valence-electron chi connectivity index (χ2n) is 14.5. The van der Waals surface area contributed by atoms with E-state index < -0.39 is 11.2 Å². The lowest BCUT2D eigenvalue weighted by atomic mass is 10.0. The molecule has 3 aromatic heterocycles. The van der Waals surface area contributed by atoms with E-state index in [0.29, 0.717) is 13.1 Å². The number of nitrogens with one attached hydrogen (secondary N) is 2. The number of aromatic nitrogens is 5. The lowest BCUT2D eigenvalue weighted by Gasteiger charge is -2.27. The predicted octanol–water partition coefficient (Wildman–Crippen LogP) is 7.98. The molecule has 11 heteroatoms. The van der Waals surface area contributed by atoms with Gasteiger partial charge in [-0.05, 0) is 103 Å². The maximum absolute atomic E-state index is 12.8. The minimum absolute atomic E-state index is 0.130. The zero-order chi connectivity index (χ0) is 33.5. The standard InChI is InChI=1S/C36H45N7O4/c1-22-18-23(27-20-38-31(40-27)29-10-8-16-42(29)33(44)46-35(2,3)4)12-14-25(22)26-15-13-24(19-37-26)28-21-39-32(41-28)30-11-9-17-43(30)34(45)47-36(5,6)7/h12-15,18-21,29-30H,8-11,16-17H2,1-7H3,(H,38,40)(H,39,41)/t29-,30-/m0/s1. The molecular weight excluding hydrogens is 594 g/mol. The van der Waals surface area contributed by atoms with Crippen LogP contribution < -0.4 is 0 Å². The zero-order valence-corrected chi connectivity index (χ0v) is 28.4. The van der Waals surface area contributed by atoms with Crippen molar-refractivity contribution in [2.24, 2.45) is 0 Å². The molecule has 2 saturated heterocycles. The average Bonchev–Trinajstić information content (AvgIpc) is 3.81. The maximum Gasteiger partial charge on any atom is 0.410 e. The molecule has 0 unspecified atom stereocenters. The molecule has 0 bridgehead atoms. The first-order valence-corrected chi connectivity index (χ1v) is 16.4. The molecule has 0 radical (unpaired) electrons. The van der Waals surface area contributed by atoms with Gasteiger partial charge in [-0.3, -0.25) is 14.8 Å². The molecule has 0 aliphatic carbocycles. The molecule has 2 N–H and O–H groups in total. The maximum atomic E-state index is 12.8. The minimum Gasteiger partial charge on any atom is -0.444 e. The fraction of sp³-hybridized carbons (Fsp3) is 0.472. The Labute approximate surface area is 276 Å². The van der Waals surface area contributed by atoms with E-state index in [4.69, 9.17) is 14.5 Å². The van der Waals surface area contributed by atoms with Crippen LogP contribution in [0, 0.1) is 6.92 Å². The van der Waals surface area contributed by atoms with Crippen molar-refractivity contribution < 1.29 is 19.1 Å². The quantitative estimate of drug-likeness (QED) is 0.226. The van der Waals surface area contributed by atoms with Crippen LogP contribution in [0.4, 0.5) is 9.59 Å². The molecule has 2 amide bonds. The molecular formula is C36H45N7O4. The number of likely N-dealkylation sites (tertiary alicyclic amines) is 2. The van der Waals surface area contributed by atoms with Crippen LogP contribution in [0.5, 0.6) is 0 Å². The molecule has 4 aromatic rings. The normalized spacial score (nSPS) is 18.5. The summed E-state index contributed by atoms with van der Waals surface area (Å²) in [7, 11) is 0. The van der Waals surface area contributed by atoms with E-state index in [-0.39, 0.29) is 24.3 Å². The highest BCUT2D eigenvalue weighted by molar-refractivity contribution is 5.72. The first-order valence-electron chi connectivity index (χ1n) is 16.4. The van der Waals surface area contributed by atoms with Gasteiger partial charge in [0, 0.05) is 30.4 Å². The average molecular weight is 640 g/mol. The number of aryl methyl sites for hydroxylation is 1. The van der Waals surface area contributed by atoms with Gasteiger partial charge in [-0.25, -0.2) is 19.6 Å². The van der Waals surface area contributed by atoms with Crippen molar-refractivity contribution in [1.82, 2.24) is 34.7 Å². The number of nitrogens with zero attached hydrogens (tertiary/aromatic N) is 5. The summed E-state index contributed by atoms with van der Waals surface area (Å²) in [6, 6.07) is 10.0. The Bertz CT molecular complexity index is 1750. The van der Waals surface area contributed by atoms with Crippen molar-refractivity contribution >= 4 is 12.2 Å². The lowest BCUT2D eigenvalue weighted by Crippen LogP contribution is -2.36. The fourth-order valence-corrected chi connectivity index (χ4v) is 6.32. The smallest absolute Gasteiger partial charge is 0.410 e. The highest BCUT2D eigenvalue weighted by Gasteiger charge is 2.36. The Morgan fingerprint density at radius 3 is 1.70 bits per heavy atom. The number of hydrogen-bond acceptors (Lipinski definition) is 7. The Hall–Kier alpha value is -4.67. The Morgan fingerprint density at radius 2 is 1.23 bits per heavy atom. The van der Waals surface area contributed by atoms with Gasteiger partial charge < -0.3 is 19.4 Å². The van der Waals surface area contributed by atoms with Crippen molar-refractivity contribution in [3.05, 3.63) is 66.1 Å². The van der Waals surface area contributed by atoms with Crippen molar-refractivity contribution in [2.45, 2.75) is 97.4 Å². The molecule has 11 nitrogen and oxygen atoms in total. The van der Waals surface area contributed by atoms with Crippen LogP contribution in [0.25, 0.3) is 33.8 Å². The number of carbonyl (C=O) groups is 2. The number of aromatic amines is 2. The van der Waals surface area contributed by atoms with Crippen molar-refractivity contribution in [1.29, 1.82) is 0 Å². The highest BCUT2D eigenvalue weighted by atomic mass is 16.6. The summed E-state index contributed by atoms with van der Waals surface area (Å²) in [6.07, 6.45) is 8.37. The summed E-state index contributed by atoms with van der Waals surface area (Å²) in [5.41, 5.74) is 5.59. The minimum atomic E-state index is -0.546. The van der Waals surface area contributed by atoms with Gasteiger partial charge >= 0.3 is 12.2 Å².